The fourth-order valence-corrected chi connectivity index (χ4v) is 30.8. The number of rotatable bonds is 27. The summed E-state index contributed by atoms with van der Waals surface area (Å²) in [5.41, 5.74) is -0.237. The van der Waals surface area contributed by atoms with Crippen LogP contribution in [0.1, 0.15) is 315 Å². The molecule has 12 fully saturated rings. The van der Waals surface area contributed by atoms with Crippen molar-refractivity contribution < 1.29 is 114 Å². The van der Waals surface area contributed by atoms with Gasteiger partial charge in [0.05, 0.1) is 0 Å². The Kier molecular flexibility index (Phi) is 28.3. The van der Waals surface area contributed by atoms with E-state index in [-0.39, 0.29) is 252 Å². The summed E-state index contributed by atoms with van der Waals surface area (Å²) in [4.78, 5) is 158. The molecule has 1 aromatic carbocycles. The maximum atomic E-state index is 14.3. The molecule has 33 atom stereocenters. The number of hydrogen-bond acceptors (Lipinski definition) is 24. The highest BCUT2D eigenvalue weighted by molar-refractivity contribution is 5.72. The summed E-state index contributed by atoms with van der Waals surface area (Å²) < 4.78 is 74.2. The lowest BCUT2D eigenvalue weighted by molar-refractivity contribution is -0.225. The molecule has 0 amide bonds. The Hall–Kier alpha value is -7.14. The van der Waals surface area contributed by atoms with E-state index in [9.17, 15) is 57.5 Å². The fourth-order valence-electron chi connectivity index (χ4n) is 30.8. The van der Waals surface area contributed by atoms with E-state index in [1.807, 2.05) is 18.2 Å². The first-order chi connectivity index (χ1) is 58.0. The maximum Gasteiger partial charge on any atom is 0.306 e. The summed E-state index contributed by atoms with van der Waals surface area (Å²) in [6.45, 7) is 33.0. The van der Waals surface area contributed by atoms with Gasteiger partial charge >= 0.3 is 71.6 Å². The lowest BCUT2D eigenvalue weighted by atomic mass is 9.43. The topological polar surface area (TPSA) is 316 Å². The van der Waals surface area contributed by atoms with Crippen LogP contribution < -0.4 is 0 Å². The van der Waals surface area contributed by atoms with Gasteiger partial charge in [-0.3, -0.25) is 57.5 Å². The van der Waals surface area contributed by atoms with Gasteiger partial charge in [0.2, 0.25) is 0 Å². The van der Waals surface area contributed by atoms with Crippen molar-refractivity contribution in [2.75, 3.05) is 0 Å². The number of carbonyl (C=O) groups is 12. The fraction of sp³-hybridized carbons (Fsp3) is 0.818. The highest BCUT2D eigenvalue weighted by atomic mass is 16.6. The highest BCUT2D eigenvalue weighted by Crippen LogP contribution is 2.74. The van der Waals surface area contributed by atoms with E-state index in [0.29, 0.717) is 93.7 Å². The van der Waals surface area contributed by atoms with Crippen molar-refractivity contribution in [3.63, 3.8) is 0 Å². The van der Waals surface area contributed by atoms with Crippen LogP contribution in [0.25, 0.3) is 0 Å². The molecule has 1 aromatic rings. The molecule has 684 valence electrons. The van der Waals surface area contributed by atoms with Crippen LogP contribution in [-0.2, 0) is 134 Å². The van der Waals surface area contributed by atoms with Crippen molar-refractivity contribution in [1.29, 1.82) is 0 Å². The van der Waals surface area contributed by atoms with Crippen molar-refractivity contribution in [2.45, 2.75) is 373 Å². The molecular formula is C99H144O24. The van der Waals surface area contributed by atoms with Gasteiger partial charge in [0.15, 0.2) is 0 Å². The van der Waals surface area contributed by atoms with Gasteiger partial charge in [-0.05, 0) is 294 Å². The molecule has 13 rings (SSSR count). The third kappa shape index (κ3) is 18.9. The quantitative estimate of drug-likeness (QED) is 0.0583. The van der Waals surface area contributed by atoms with E-state index in [0.717, 1.165) is 77.0 Å². The molecule has 12 saturated carbocycles. The normalized spacial score (nSPS) is 40.5. The van der Waals surface area contributed by atoms with Gasteiger partial charge in [-0.1, -0.05) is 62.3 Å². The molecule has 0 aromatic heterocycles. The molecule has 24 nitrogen and oxygen atoms in total. The zero-order chi connectivity index (χ0) is 89.1. The second-order valence-corrected chi connectivity index (χ2v) is 42.5. The summed E-state index contributed by atoms with van der Waals surface area (Å²) in [5.74, 6) is -3.33. The van der Waals surface area contributed by atoms with Crippen LogP contribution in [0.15, 0.2) is 18.2 Å². The third-order valence-corrected chi connectivity index (χ3v) is 35.9. The third-order valence-electron chi connectivity index (χ3n) is 35.9. The molecule has 0 bridgehead atoms. The SMILES string of the molecule is CC(=O)O[C@@H]1CC[C@@]2(C)[C@@H](C1)C[C@@H](OC(C)=O)[C@@H]1[C@@H]2C[C@H](OC(C)=O)[C@]2(C)[C@@H]([C@H](C)CCC(=O)OCc3cc(COC(=O)CC[C@@H](C)[C@H]4CC[C@H]5[C@@H]6[C@H](OC(C)=O)C[C@@H]7C[C@H](OC(C)=O)CC[C@]7(C)[C@H]6C[C@H](OC(C)=O)[C@]45C)cc(COC(=O)CC[C@@H](C)[C@H]4CC[C@H]5[C@@H]6[C@H](OC(C)=O)C[C@@H]7C[C@H](OC(C)=O)CC[C@]7(C)[C@H]6C[C@H](OC(C)=O)[C@]45C)c3)CC[C@@H]12. The van der Waals surface area contributed by atoms with Gasteiger partial charge in [0.1, 0.15) is 74.8 Å². The summed E-state index contributed by atoms with van der Waals surface area (Å²) in [5, 5.41) is 0. The summed E-state index contributed by atoms with van der Waals surface area (Å²) in [6, 6.07) is 5.51. The van der Waals surface area contributed by atoms with Crippen LogP contribution in [0.4, 0.5) is 0 Å². The van der Waals surface area contributed by atoms with Gasteiger partial charge in [0, 0.05) is 116 Å². The van der Waals surface area contributed by atoms with Crippen LogP contribution in [-0.4, -0.2) is 127 Å². The minimum atomic E-state index is -0.505. The number of benzene rings is 1. The van der Waals surface area contributed by atoms with Gasteiger partial charge in [0.25, 0.3) is 0 Å². The number of hydrogen-bond donors (Lipinski definition) is 0. The molecule has 12 aliphatic carbocycles. The number of carbonyl (C=O) groups excluding carboxylic acids is 12. The van der Waals surface area contributed by atoms with Crippen LogP contribution in [0, 0.1) is 139 Å². The predicted molar refractivity (Wildman–Crippen MR) is 449 cm³/mol. The highest BCUT2D eigenvalue weighted by Gasteiger charge is 2.72. The molecule has 0 spiro atoms. The molecule has 0 aliphatic heterocycles. The maximum absolute atomic E-state index is 14.3. The zero-order valence-electron chi connectivity index (χ0n) is 76.8. The molecule has 0 heterocycles. The van der Waals surface area contributed by atoms with E-state index in [2.05, 4.69) is 62.3 Å². The monoisotopic (exact) mass is 1720 g/mol. The van der Waals surface area contributed by atoms with Crippen molar-refractivity contribution in [3.8, 4) is 0 Å². The molecule has 123 heavy (non-hydrogen) atoms. The number of fused-ring (bicyclic) bond motifs is 15. The smallest absolute Gasteiger partial charge is 0.306 e. The zero-order valence-corrected chi connectivity index (χ0v) is 76.8. The molecule has 12 aliphatic rings. The first-order valence-electron chi connectivity index (χ1n) is 47.1. The number of esters is 12. The van der Waals surface area contributed by atoms with Crippen molar-refractivity contribution in [1.82, 2.24) is 0 Å². The van der Waals surface area contributed by atoms with E-state index in [4.69, 9.17) is 56.8 Å². The lowest BCUT2D eigenvalue weighted by Crippen LogP contribution is -2.63. The van der Waals surface area contributed by atoms with Gasteiger partial charge in [-0.2, -0.15) is 0 Å². The largest absolute Gasteiger partial charge is 0.463 e. The Morgan fingerprint density at radius 1 is 0.301 bits per heavy atom. The summed E-state index contributed by atoms with van der Waals surface area (Å²) in [6.07, 6.45) is 14.2. The van der Waals surface area contributed by atoms with Crippen molar-refractivity contribution >= 4 is 71.6 Å². The molecule has 0 unspecified atom stereocenters. The second-order valence-electron chi connectivity index (χ2n) is 42.5. The Morgan fingerprint density at radius 3 is 0.764 bits per heavy atom. The van der Waals surface area contributed by atoms with Gasteiger partial charge in [-0.25, -0.2) is 0 Å². The minimum absolute atomic E-state index is 0.00646. The predicted octanol–water partition coefficient (Wildman–Crippen LogP) is 17.1. The molecule has 0 N–H and O–H groups in total. The summed E-state index contributed by atoms with van der Waals surface area (Å²) >= 11 is 0. The van der Waals surface area contributed by atoms with Gasteiger partial charge < -0.3 is 56.8 Å². The number of ether oxygens (including phenoxy) is 12. The average molecular weight is 1720 g/mol. The first kappa shape index (κ1) is 93.5. The molecular weight excluding hydrogens is 1570 g/mol. The van der Waals surface area contributed by atoms with Crippen LogP contribution in [0.5, 0.6) is 0 Å². The van der Waals surface area contributed by atoms with Crippen LogP contribution in [0.3, 0.4) is 0 Å². The first-order valence-corrected chi connectivity index (χ1v) is 47.1. The molecule has 0 saturated heterocycles. The Balaban J connectivity index is 0.690. The van der Waals surface area contributed by atoms with E-state index < -0.39 is 52.5 Å². The Morgan fingerprint density at radius 2 is 0.537 bits per heavy atom. The summed E-state index contributed by atoms with van der Waals surface area (Å²) in [7, 11) is 0. The van der Waals surface area contributed by atoms with E-state index in [1.54, 1.807) is 0 Å². The second kappa shape index (κ2) is 37.3. The van der Waals surface area contributed by atoms with E-state index >= 15 is 0 Å². The van der Waals surface area contributed by atoms with Crippen molar-refractivity contribution in [2.24, 2.45) is 139 Å². The molecule has 24 heteroatoms. The Bertz CT molecular complexity index is 3700. The average Bonchev–Trinajstić information content (AvgIpc) is 1.64. The lowest BCUT2D eigenvalue weighted by Gasteiger charge is -2.64. The van der Waals surface area contributed by atoms with Crippen molar-refractivity contribution in [3.05, 3.63) is 34.9 Å². The molecule has 0 radical (unpaired) electrons. The Labute approximate surface area is 729 Å². The van der Waals surface area contributed by atoms with Crippen LogP contribution in [0.2, 0.25) is 0 Å². The standard InChI is InChI=1S/C99H144O24/c1-52(73-22-25-76-91-79(46-85(97(73,76)16)121-61(10)106)94(13)34-31-70(115-55(4)100)40-67(94)43-82(91)118-58(7)103)19-28-88(109)112-49-64-37-65(50-113-89(110)29-20-53(2)74-23-26-77-92-80(47-86(98(74,77)17)122-62(11)107)95(14)35-32-71(116-56(5)101)41-68(95)44-83(92)119-59(8)104)39-66(38-64)51-114-90(111)30-21-54(3)75-24-27-78-93-81(48-87(99(75,78)18)123-63(12)108)96(15)36-33-72(117-57(6)102)42-69(96)45-84(93)120-60(9)105/h37-39,52-54,67-87,91-93H,19-36,40-51H2,1-18H3/t52-,53-,54-,67+,68+,69+,70-,71-,72-,73-,74-,75-,76+,77+,78+,79+,80+,81+,82-,83-,84-,85+,86+,87+,91+,92+,93+,94+,95+,96+,97-,98-,99-/m1/s1. The van der Waals surface area contributed by atoms with Gasteiger partial charge in [-0.15, -0.1) is 0 Å². The van der Waals surface area contributed by atoms with E-state index in [1.165, 1.54) is 62.3 Å². The minimum Gasteiger partial charge on any atom is -0.463 e. The van der Waals surface area contributed by atoms with Crippen LogP contribution >= 0.6 is 0 Å².